The average Bonchev–Trinajstić information content (AvgIpc) is 3.51. The Balaban J connectivity index is 1.02. The predicted molar refractivity (Wildman–Crippen MR) is 135 cm³/mol. The van der Waals surface area contributed by atoms with Crippen LogP contribution in [0.3, 0.4) is 0 Å². The first-order valence-electron chi connectivity index (χ1n) is 11.8. The van der Waals surface area contributed by atoms with Crippen LogP contribution in [0.2, 0.25) is 10.0 Å². The maximum Gasteiger partial charge on any atom is 0.227 e. The first kappa shape index (κ1) is 22.5. The molecule has 0 saturated carbocycles. The van der Waals surface area contributed by atoms with Gasteiger partial charge in [0.25, 0.3) is 0 Å². The zero-order valence-electron chi connectivity index (χ0n) is 19.1. The summed E-state index contributed by atoms with van der Waals surface area (Å²) < 4.78 is 2.05. The van der Waals surface area contributed by atoms with Crippen LogP contribution in [0.25, 0.3) is 22.3 Å². The van der Waals surface area contributed by atoms with E-state index >= 15 is 0 Å². The highest BCUT2D eigenvalue weighted by atomic mass is 35.5. The number of likely N-dealkylation sites (tertiary alicyclic amines) is 2. The molecule has 35 heavy (non-hydrogen) atoms. The van der Waals surface area contributed by atoms with Crippen LogP contribution in [0.5, 0.6) is 0 Å². The molecule has 0 aliphatic carbocycles. The Morgan fingerprint density at radius 2 is 1.83 bits per heavy atom. The third kappa shape index (κ3) is 4.30. The number of aromatic amines is 1. The van der Waals surface area contributed by atoms with Crippen LogP contribution in [0.15, 0.2) is 49.2 Å². The number of hydrogen-bond donors (Lipinski definition) is 1. The van der Waals surface area contributed by atoms with Crippen molar-refractivity contribution >= 4 is 40.1 Å². The van der Waals surface area contributed by atoms with Gasteiger partial charge in [-0.3, -0.25) is 14.4 Å². The van der Waals surface area contributed by atoms with Gasteiger partial charge in [0, 0.05) is 65.6 Å². The largest absolute Gasteiger partial charge is 0.346 e. The van der Waals surface area contributed by atoms with Gasteiger partial charge < -0.3 is 9.88 Å². The van der Waals surface area contributed by atoms with Crippen LogP contribution in [0.4, 0.5) is 0 Å². The Bertz CT molecular complexity index is 1350. The van der Waals surface area contributed by atoms with E-state index in [1.807, 2.05) is 23.4 Å². The smallest absolute Gasteiger partial charge is 0.227 e. The van der Waals surface area contributed by atoms with E-state index in [1.54, 1.807) is 24.5 Å². The van der Waals surface area contributed by atoms with Crippen LogP contribution in [0.1, 0.15) is 24.4 Å². The number of aromatic nitrogens is 5. The summed E-state index contributed by atoms with van der Waals surface area (Å²) in [4.78, 5) is 29.1. The van der Waals surface area contributed by atoms with Gasteiger partial charge in [-0.15, -0.1) is 0 Å². The van der Waals surface area contributed by atoms with Crippen molar-refractivity contribution in [3.8, 4) is 11.3 Å². The summed E-state index contributed by atoms with van der Waals surface area (Å²) in [5.74, 6) is 0.0882. The molecule has 1 amide bonds. The minimum Gasteiger partial charge on any atom is -0.346 e. The summed E-state index contributed by atoms with van der Waals surface area (Å²) in [6.45, 7) is 3.47. The number of nitrogens with zero attached hydrogens (tertiary/aromatic N) is 6. The van der Waals surface area contributed by atoms with Gasteiger partial charge in [-0.05, 0) is 36.6 Å². The maximum absolute atomic E-state index is 12.8. The maximum atomic E-state index is 12.8. The molecular weight excluding hydrogens is 485 g/mol. The third-order valence-electron chi connectivity index (χ3n) is 7.22. The molecule has 5 heterocycles. The number of carbonyl (C=O) groups is 1. The summed E-state index contributed by atoms with van der Waals surface area (Å²) >= 11 is 12.5. The van der Waals surface area contributed by atoms with Crippen molar-refractivity contribution in [3.05, 3.63) is 64.8 Å². The van der Waals surface area contributed by atoms with Crippen LogP contribution >= 0.6 is 23.2 Å². The van der Waals surface area contributed by atoms with E-state index in [-0.39, 0.29) is 12.3 Å². The SMILES string of the molecule is O=C(Cc1c(Cl)cccc1Cl)N1CCC(N2CC(n3cc(-c4ncnc5[nH]ccc45)cn3)C2)CC1. The lowest BCUT2D eigenvalue weighted by atomic mass is 9.97. The molecule has 0 spiro atoms. The fraction of sp³-hybridized carbons (Fsp3) is 0.360. The first-order valence-corrected chi connectivity index (χ1v) is 12.6. The van der Waals surface area contributed by atoms with Crippen LogP contribution in [-0.4, -0.2) is 72.7 Å². The molecule has 2 aliphatic heterocycles. The normalized spacial score (nSPS) is 17.7. The van der Waals surface area contributed by atoms with Gasteiger partial charge in [0.2, 0.25) is 5.91 Å². The van der Waals surface area contributed by atoms with E-state index < -0.39 is 0 Å². The zero-order valence-corrected chi connectivity index (χ0v) is 20.6. The van der Waals surface area contributed by atoms with Crippen molar-refractivity contribution in [2.75, 3.05) is 26.2 Å². The van der Waals surface area contributed by atoms with E-state index in [2.05, 4.69) is 35.8 Å². The van der Waals surface area contributed by atoms with Crippen molar-refractivity contribution < 1.29 is 4.79 Å². The highest BCUT2D eigenvalue weighted by Crippen LogP contribution is 2.31. The van der Waals surface area contributed by atoms with Gasteiger partial charge in [0.1, 0.15) is 12.0 Å². The number of hydrogen-bond acceptors (Lipinski definition) is 5. The Morgan fingerprint density at radius 3 is 2.60 bits per heavy atom. The molecule has 2 aliphatic rings. The van der Waals surface area contributed by atoms with Crippen LogP contribution in [-0.2, 0) is 11.2 Å². The minimum absolute atomic E-state index is 0.0882. The van der Waals surface area contributed by atoms with Gasteiger partial charge >= 0.3 is 0 Å². The summed E-state index contributed by atoms with van der Waals surface area (Å²) in [5.41, 5.74) is 3.44. The molecule has 1 aromatic carbocycles. The van der Waals surface area contributed by atoms with E-state index in [9.17, 15) is 4.79 Å². The average molecular weight is 510 g/mol. The van der Waals surface area contributed by atoms with Crippen molar-refractivity contribution in [2.24, 2.45) is 0 Å². The fourth-order valence-corrected chi connectivity index (χ4v) is 5.69. The monoisotopic (exact) mass is 509 g/mol. The number of piperidine rings is 1. The highest BCUT2D eigenvalue weighted by molar-refractivity contribution is 6.36. The predicted octanol–water partition coefficient (Wildman–Crippen LogP) is 4.22. The van der Waals surface area contributed by atoms with E-state index in [0.717, 1.165) is 61.3 Å². The Hall–Kier alpha value is -2.94. The molecule has 6 rings (SSSR count). The second-order valence-corrected chi connectivity index (χ2v) is 10.1. The Morgan fingerprint density at radius 1 is 1.06 bits per heavy atom. The molecule has 10 heteroatoms. The van der Waals surface area contributed by atoms with E-state index in [1.165, 1.54) is 0 Å². The molecular formula is C25H25Cl2N7O. The molecule has 3 aromatic heterocycles. The van der Waals surface area contributed by atoms with Gasteiger partial charge in [0.15, 0.2) is 0 Å². The van der Waals surface area contributed by atoms with E-state index in [0.29, 0.717) is 27.7 Å². The lowest BCUT2D eigenvalue weighted by Crippen LogP contribution is -2.56. The van der Waals surface area contributed by atoms with Crippen LogP contribution in [0, 0.1) is 0 Å². The van der Waals surface area contributed by atoms with E-state index in [4.69, 9.17) is 23.2 Å². The molecule has 2 fully saturated rings. The first-order chi connectivity index (χ1) is 17.1. The molecule has 4 aromatic rings. The van der Waals surface area contributed by atoms with Crippen molar-refractivity contribution in [3.63, 3.8) is 0 Å². The Labute approximate surface area is 212 Å². The van der Waals surface area contributed by atoms with Gasteiger partial charge in [-0.25, -0.2) is 9.97 Å². The molecule has 0 unspecified atom stereocenters. The molecule has 0 bridgehead atoms. The van der Waals surface area contributed by atoms with Gasteiger partial charge in [-0.2, -0.15) is 5.10 Å². The number of amides is 1. The number of rotatable bonds is 5. The molecule has 180 valence electrons. The van der Waals surface area contributed by atoms with Crippen LogP contribution < -0.4 is 0 Å². The number of halogens is 2. The van der Waals surface area contributed by atoms with Crippen molar-refractivity contribution in [1.29, 1.82) is 0 Å². The lowest BCUT2D eigenvalue weighted by Gasteiger charge is -2.47. The summed E-state index contributed by atoms with van der Waals surface area (Å²) in [7, 11) is 0. The topological polar surface area (TPSA) is 82.9 Å². The standard InChI is InChI=1S/C25H25Cl2N7O/c26-21-2-1-3-22(27)20(21)10-23(35)32-8-5-17(6-9-32)33-13-18(14-33)34-12-16(11-31-34)24-19-4-7-28-25(19)30-15-29-24/h1-4,7,11-12,15,17-18H,5-6,8-10,13-14H2,(H,28,29,30). The summed E-state index contributed by atoms with van der Waals surface area (Å²) in [6, 6.07) is 8.20. The summed E-state index contributed by atoms with van der Waals surface area (Å²) in [6.07, 6.45) is 9.62. The van der Waals surface area contributed by atoms with Gasteiger partial charge in [-0.1, -0.05) is 29.3 Å². The highest BCUT2D eigenvalue weighted by Gasteiger charge is 2.36. The number of H-pyrrole nitrogens is 1. The number of fused-ring (bicyclic) bond motifs is 1. The molecule has 8 nitrogen and oxygen atoms in total. The second kappa shape index (κ2) is 9.26. The van der Waals surface area contributed by atoms with Crippen molar-refractivity contribution in [1.82, 2.24) is 34.5 Å². The van der Waals surface area contributed by atoms with Gasteiger partial charge in [0.05, 0.1) is 24.4 Å². The number of nitrogens with one attached hydrogen (secondary N) is 1. The minimum atomic E-state index is 0.0882. The van der Waals surface area contributed by atoms with Crippen molar-refractivity contribution in [2.45, 2.75) is 31.3 Å². The third-order valence-corrected chi connectivity index (χ3v) is 7.93. The zero-order chi connectivity index (χ0) is 23.9. The second-order valence-electron chi connectivity index (χ2n) is 9.27. The fourth-order valence-electron chi connectivity index (χ4n) is 5.16. The number of benzene rings is 1. The molecule has 1 N–H and O–H groups in total. The molecule has 2 saturated heterocycles. The summed E-state index contributed by atoms with van der Waals surface area (Å²) in [5, 5.41) is 6.72. The molecule has 0 radical (unpaired) electrons. The number of carbonyl (C=O) groups excluding carboxylic acids is 1. The quantitative estimate of drug-likeness (QED) is 0.435. The lowest BCUT2D eigenvalue weighted by molar-refractivity contribution is -0.132. The molecule has 0 atom stereocenters. The Kier molecular flexibility index (Phi) is 5.96.